The average Bonchev–Trinajstić information content (AvgIpc) is 2.29. The van der Waals surface area contributed by atoms with E-state index in [-0.39, 0.29) is 11.9 Å². The Bertz CT molecular complexity index is 231. The fourth-order valence-corrected chi connectivity index (χ4v) is 1.50. The highest BCUT2D eigenvalue weighted by Crippen LogP contribution is 1.98. The van der Waals surface area contributed by atoms with Crippen LogP contribution < -0.4 is 11.1 Å². The zero-order valence-corrected chi connectivity index (χ0v) is 10.3. The van der Waals surface area contributed by atoms with Gasteiger partial charge in [-0.15, -0.1) is 12.3 Å². The summed E-state index contributed by atoms with van der Waals surface area (Å²) in [4.78, 5) is 13.6. The fourth-order valence-electron chi connectivity index (χ4n) is 1.50. The van der Waals surface area contributed by atoms with E-state index in [0.717, 1.165) is 13.1 Å². The van der Waals surface area contributed by atoms with E-state index in [1.165, 1.54) is 0 Å². The summed E-state index contributed by atoms with van der Waals surface area (Å²) >= 11 is 0. The van der Waals surface area contributed by atoms with E-state index in [0.29, 0.717) is 25.9 Å². The number of carbonyl (C=O) groups is 1. The summed E-state index contributed by atoms with van der Waals surface area (Å²) < 4.78 is 0. The highest BCUT2D eigenvalue weighted by molar-refractivity contribution is 5.76. The lowest BCUT2D eigenvalue weighted by Crippen LogP contribution is -2.42. The maximum Gasteiger partial charge on any atom is 0.224 e. The Morgan fingerprint density at radius 2 is 2.12 bits per heavy atom. The molecule has 0 aliphatic carbocycles. The number of nitrogens with zero attached hydrogens (tertiary/aromatic N) is 1. The lowest BCUT2D eigenvalue weighted by Gasteiger charge is -2.22. The normalized spacial score (nSPS) is 11.9. The molecule has 1 unspecified atom stereocenters. The monoisotopic (exact) mass is 225 g/mol. The van der Waals surface area contributed by atoms with E-state index in [1.807, 2.05) is 18.7 Å². The molecule has 0 rings (SSSR count). The SMILES string of the molecule is C#CCCNC(CN)CC(=O)N(CC)CC. The molecule has 0 radical (unpaired) electrons. The molecule has 4 nitrogen and oxygen atoms in total. The molecule has 0 saturated heterocycles. The number of carbonyl (C=O) groups excluding carboxylic acids is 1. The number of hydrogen-bond donors (Lipinski definition) is 2. The zero-order chi connectivity index (χ0) is 12.4. The van der Waals surface area contributed by atoms with Crippen molar-refractivity contribution in [3.63, 3.8) is 0 Å². The van der Waals surface area contributed by atoms with Crippen molar-refractivity contribution in [2.45, 2.75) is 32.7 Å². The van der Waals surface area contributed by atoms with Crippen molar-refractivity contribution in [2.24, 2.45) is 5.73 Å². The van der Waals surface area contributed by atoms with Gasteiger partial charge in [-0.2, -0.15) is 0 Å². The minimum Gasteiger partial charge on any atom is -0.343 e. The Morgan fingerprint density at radius 1 is 1.50 bits per heavy atom. The van der Waals surface area contributed by atoms with Gasteiger partial charge in [-0.3, -0.25) is 4.79 Å². The van der Waals surface area contributed by atoms with Crippen molar-refractivity contribution in [2.75, 3.05) is 26.2 Å². The Morgan fingerprint density at radius 3 is 2.56 bits per heavy atom. The number of amides is 1. The molecule has 0 spiro atoms. The molecule has 0 saturated carbocycles. The number of nitrogens with one attached hydrogen (secondary N) is 1. The van der Waals surface area contributed by atoms with E-state index in [2.05, 4.69) is 11.2 Å². The van der Waals surface area contributed by atoms with Gasteiger partial charge in [0.1, 0.15) is 0 Å². The third kappa shape index (κ3) is 5.74. The van der Waals surface area contributed by atoms with Crippen LogP contribution in [0.25, 0.3) is 0 Å². The van der Waals surface area contributed by atoms with Gasteiger partial charge in [0.2, 0.25) is 5.91 Å². The highest BCUT2D eigenvalue weighted by Gasteiger charge is 2.15. The van der Waals surface area contributed by atoms with Crippen LogP contribution in [0.4, 0.5) is 0 Å². The average molecular weight is 225 g/mol. The maximum atomic E-state index is 11.8. The first-order valence-electron chi connectivity index (χ1n) is 5.84. The van der Waals surface area contributed by atoms with Crippen LogP contribution in [0.5, 0.6) is 0 Å². The summed E-state index contributed by atoms with van der Waals surface area (Å²) in [6, 6.07) is 0.0291. The summed E-state index contributed by atoms with van der Waals surface area (Å²) in [5.74, 6) is 2.69. The molecule has 0 aromatic carbocycles. The molecule has 0 aliphatic rings. The molecular weight excluding hydrogens is 202 g/mol. The number of hydrogen-bond acceptors (Lipinski definition) is 3. The van der Waals surface area contributed by atoms with Crippen molar-refractivity contribution in [3.05, 3.63) is 0 Å². The van der Waals surface area contributed by atoms with E-state index >= 15 is 0 Å². The molecule has 0 aromatic heterocycles. The third-order valence-electron chi connectivity index (χ3n) is 2.52. The largest absolute Gasteiger partial charge is 0.343 e. The van der Waals surface area contributed by atoms with Gasteiger partial charge < -0.3 is 16.0 Å². The van der Waals surface area contributed by atoms with Gasteiger partial charge in [-0.25, -0.2) is 0 Å². The smallest absolute Gasteiger partial charge is 0.224 e. The first-order chi connectivity index (χ1) is 7.69. The maximum absolute atomic E-state index is 11.8. The summed E-state index contributed by atoms with van der Waals surface area (Å²) in [6.07, 6.45) is 6.26. The van der Waals surface area contributed by atoms with Gasteiger partial charge in [0.15, 0.2) is 0 Å². The molecule has 16 heavy (non-hydrogen) atoms. The molecule has 0 heterocycles. The zero-order valence-electron chi connectivity index (χ0n) is 10.3. The van der Waals surface area contributed by atoms with Crippen molar-refractivity contribution >= 4 is 5.91 Å². The van der Waals surface area contributed by atoms with Gasteiger partial charge in [-0.1, -0.05) is 0 Å². The molecule has 4 heteroatoms. The van der Waals surface area contributed by atoms with Crippen LogP contribution in [0.3, 0.4) is 0 Å². The molecule has 1 amide bonds. The third-order valence-corrected chi connectivity index (χ3v) is 2.52. The van der Waals surface area contributed by atoms with Crippen LogP contribution in [0.1, 0.15) is 26.7 Å². The molecule has 0 aromatic rings. The number of nitrogens with two attached hydrogens (primary N) is 1. The van der Waals surface area contributed by atoms with E-state index < -0.39 is 0 Å². The summed E-state index contributed by atoms with van der Waals surface area (Å²) in [5.41, 5.74) is 5.60. The lowest BCUT2D eigenvalue weighted by molar-refractivity contribution is -0.131. The van der Waals surface area contributed by atoms with Crippen LogP contribution >= 0.6 is 0 Å². The number of rotatable bonds is 8. The molecule has 3 N–H and O–H groups in total. The van der Waals surface area contributed by atoms with Gasteiger partial charge in [0.05, 0.1) is 0 Å². The molecule has 0 fully saturated rings. The van der Waals surface area contributed by atoms with E-state index in [1.54, 1.807) is 0 Å². The summed E-state index contributed by atoms with van der Waals surface area (Å²) in [6.45, 7) is 6.62. The predicted octanol–water partition coefficient (Wildman–Crippen LogP) is 0.185. The minimum atomic E-state index is 0.0291. The standard InChI is InChI=1S/C12H23N3O/c1-4-7-8-14-11(10-13)9-12(16)15(5-2)6-3/h1,11,14H,5-10,13H2,2-3H3. The van der Waals surface area contributed by atoms with Crippen LogP contribution in [0, 0.1) is 12.3 Å². The van der Waals surface area contributed by atoms with Gasteiger partial charge >= 0.3 is 0 Å². The van der Waals surface area contributed by atoms with E-state index in [9.17, 15) is 4.79 Å². The molecule has 0 bridgehead atoms. The fraction of sp³-hybridized carbons (Fsp3) is 0.750. The molecular formula is C12H23N3O. The quantitative estimate of drug-likeness (QED) is 0.458. The highest BCUT2D eigenvalue weighted by atomic mass is 16.2. The Labute approximate surface area is 98.6 Å². The van der Waals surface area contributed by atoms with Crippen LogP contribution in [0.2, 0.25) is 0 Å². The van der Waals surface area contributed by atoms with E-state index in [4.69, 9.17) is 12.2 Å². The van der Waals surface area contributed by atoms with Crippen molar-refractivity contribution in [1.82, 2.24) is 10.2 Å². The van der Waals surface area contributed by atoms with Crippen LogP contribution in [-0.4, -0.2) is 43.0 Å². The Kier molecular flexibility index (Phi) is 8.59. The first kappa shape index (κ1) is 14.9. The molecule has 92 valence electrons. The first-order valence-corrected chi connectivity index (χ1v) is 5.84. The second-order valence-electron chi connectivity index (χ2n) is 3.61. The van der Waals surface area contributed by atoms with Crippen molar-refractivity contribution in [1.29, 1.82) is 0 Å². The topological polar surface area (TPSA) is 58.4 Å². The summed E-state index contributed by atoms with van der Waals surface area (Å²) in [7, 11) is 0. The second kappa shape index (κ2) is 9.20. The Balaban J connectivity index is 4.01. The second-order valence-corrected chi connectivity index (χ2v) is 3.61. The molecule has 0 aliphatic heterocycles. The molecule has 1 atom stereocenters. The van der Waals surface area contributed by atoms with Gasteiger partial charge in [-0.05, 0) is 13.8 Å². The van der Waals surface area contributed by atoms with Crippen molar-refractivity contribution in [3.8, 4) is 12.3 Å². The van der Waals surface area contributed by atoms with Gasteiger partial charge in [0.25, 0.3) is 0 Å². The minimum absolute atomic E-state index is 0.0291. The van der Waals surface area contributed by atoms with Gasteiger partial charge in [0, 0.05) is 45.1 Å². The predicted molar refractivity (Wildman–Crippen MR) is 66.8 cm³/mol. The lowest BCUT2D eigenvalue weighted by atomic mass is 10.2. The summed E-state index contributed by atoms with van der Waals surface area (Å²) in [5, 5.41) is 3.19. The Hall–Kier alpha value is -1.05. The number of terminal acetylenes is 1. The van der Waals surface area contributed by atoms with Crippen molar-refractivity contribution < 1.29 is 4.79 Å². The van der Waals surface area contributed by atoms with Crippen LogP contribution in [-0.2, 0) is 4.79 Å². The van der Waals surface area contributed by atoms with Crippen LogP contribution in [0.15, 0.2) is 0 Å².